The molecule has 0 bridgehead atoms. The zero-order valence-corrected chi connectivity index (χ0v) is 41.6. The molecule has 66 heavy (non-hydrogen) atoms. The van der Waals surface area contributed by atoms with E-state index in [1.54, 1.807) is 41.5 Å². The Morgan fingerprint density at radius 1 is 0.606 bits per heavy atom. The van der Waals surface area contributed by atoms with Gasteiger partial charge in [0.05, 0.1) is 45.2 Å². The van der Waals surface area contributed by atoms with E-state index in [1.807, 2.05) is 110 Å². The van der Waals surface area contributed by atoms with Crippen molar-refractivity contribution in [2.24, 2.45) is 5.92 Å². The molecular weight excluding hydrogens is 831 g/mol. The van der Waals surface area contributed by atoms with Crippen molar-refractivity contribution < 1.29 is 42.7 Å². The molecule has 10 nitrogen and oxygen atoms in total. The summed E-state index contributed by atoms with van der Waals surface area (Å²) in [6, 6.07) is 29.2. The summed E-state index contributed by atoms with van der Waals surface area (Å²) in [6.45, 7) is 16.1. The van der Waals surface area contributed by atoms with Crippen molar-refractivity contribution >= 4 is 12.2 Å². The molecule has 0 aromatic heterocycles. The van der Waals surface area contributed by atoms with Gasteiger partial charge in [-0.2, -0.15) is 0 Å². The van der Waals surface area contributed by atoms with Gasteiger partial charge in [0.1, 0.15) is 23.4 Å². The summed E-state index contributed by atoms with van der Waals surface area (Å²) in [5.41, 5.74) is 1.35. The van der Waals surface area contributed by atoms with Crippen LogP contribution in [0.25, 0.3) is 0 Å². The number of hydrogen-bond acceptors (Lipinski definition) is 9. The Labute approximate surface area is 398 Å². The SMILES string of the molecule is CCCCCCCCCCCCCC/C=C\[C@H](CO[C@H]1OC(COCc2ccccc2)[C@@H](OCc2ccccc2)[C@@H](OCc2ccccc2)[C@H]1C)N(C(=O)OC(C)(C)C)C(=O)OC(C)(C)C. The van der Waals surface area contributed by atoms with Crippen LogP contribution in [0.5, 0.6) is 0 Å². The van der Waals surface area contributed by atoms with E-state index in [-0.39, 0.29) is 19.1 Å². The number of carbonyl (C=O) groups is 2. The molecule has 3 aromatic carbocycles. The van der Waals surface area contributed by atoms with Crippen LogP contribution in [-0.4, -0.2) is 72.1 Å². The van der Waals surface area contributed by atoms with Gasteiger partial charge >= 0.3 is 12.2 Å². The molecule has 0 aliphatic carbocycles. The van der Waals surface area contributed by atoms with Gasteiger partial charge in [-0.05, 0) is 71.1 Å². The molecule has 0 N–H and O–H groups in total. The molecule has 1 unspecified atom stereocenters. The molecule has 10 heteroatoms. The van der Waals surface area contributed by atoms with E-state index in [9.17, 15) is 9.59 Å². The summed E-state index contributed by atoms with van der Waals surface area (Å²) < 4.78 is 45.1. The Kier molecular flexibility index (Phi) is 24.5. The Hall–Kier alpha value is -4.06. The van der Waals surface area contributed by atoms with Crippen molar-refractivity contribution in [3.05, 3.63) is 120 Å². The second-order valence-electron chi connectivity index (χ2n) is 19.8. The second kappa shape index (κ2) is 29.6. The number of nitrogens with zero attached hydrogens (tertiary/aromatic N) is 1. The molecule has 0 spiro atoms. The lowest BCUT2D eigenvalue weighted by molar-refractivity contribution is -0.303. The van der Waals surface area contributed by atoms with Crippen molar-refractivity contribution in [3.8, 4) is 0 Å². The van der Waals surface area contributed by atoms with Crippen LogP contribution < -0.4 is 0 Å². The van der Waals surface area contributed by atoms with Crippen LogP contribution in [0.3, 0.4) is 0 Å². The number of allylic oxidation sites excluding steroid dienone is 1. The van der Waals surface area contributed by atoms with Crippen LogP contribution >= 0.6 is 0 Å². The average molecular weight is 914 g/mol. The zero-order valence-electron chi connectivity index (χ0n) is 41.6. The molecule has 366 valence electrons. The smallest absolute Gasteiger partial charge is 0.420 e. The first-order valence-corrected chi connectivity index (χ1v) is 24.9. The highest BCUT2D eigenvalue weighted by Crippen LogP contribution is 2.33. The predicted molar refractivity (Wildman–Crippen MR) is 263 cm³/mol. The van der Waals surface area contributed by atoms with E-state index >= 15 is 0 Å². The summed E-state index contributed by atoms with van der Waals surface area (Å²) >= 11 is 0. The molecule has 2 amide bonds. The molecule has 0 saturated carbocycles. The lowest BCUT2D eigenvalue weighted by Crippen LogP contribution is -2.58. The summed E-state index contributed by atoms with van der Waals surface area (Å²) in [5.74, 6) is -0.345. The second-order valence-corrected chi connectivity index (χ2v) is 19.8. The van der Waals surface area contributed by atoms with E-state index in [2.05, 4.69) is 6.92 Å². The minimum atomic E-state index is -0.869. The fourth-order valence-corrected chi connectivity index (χ4v) is 7.95. The Morgan fingerprint density at radius 2 is 1.05 bits per heavy atom. The standard InChI is InChI=1S/C56H83NO9/c1-9-10-11-12-13-14-15-16-17-18-19-20-21-31-38-48(57(53(58)65-55(3,4)5)54(59)66-56(6,7)8)42-63-52-44(2)50(61-40-46-34-27-23-28-35-46)51(62-41-47-36-29-24-30-37-47)49(64-52)43-60-39-45-32-25-22-26-33-45/h22-38,44,48-52H,9-21,39-43H2,1-8H3/b38-31-/t44-,48-,49?,50+,51-,52+/m1/s1. The van der Waals surface area contributed by atoms with E-state index < -0.39 is 54.0 Å². The third kappa shape index (κ3) is 21.3. The number of rotatable bonds is 28. The van der Waals surface area contributed by atoms with Gasteiger partial charge in [-0.25, -0.2) is 14.5 Å². The van der Waals surface area contributed by atoms with Crippen molar-refractivity contribution in [3.63, 3.8) is 0 Å². The van der Waals surface area contributed by atoms with Crippen molar-refractivity contribution in [2.75, 3.05) is 13.2 Å². The fourth-order valence-electron chi connectivity index (χ4n) is 7.95. The molecule has 1 heterocycles. The maximum absolute atomic E-state index is 14.0. The molecule has 1 fully saturated rings. The first-order valence-electron chi connectivity index (χ1n) is 24.9. The number of carbonyl (C=O) groups excluding carboxylic acids is 2. The molecule has 4 rings (SSSR count). The lowest BCUT2D eigenvalue weighted by Gasteiger charge is -2.45. The topological polar surface area (TPSA) is 102 Å². The first-order chi connectivity index (χ1) is 31.7. The molecular formula is C56H83NO9. The van der Waals surface area contributed by atoms with Gasteiger partial charge in [-0.1, -0.05) is 188 Å². The van der Waals surface area contributed by atoms with Crippen LogP contribution in [0.1, 0.15) is 156 Å². The minimum absolute atomic E-state index is 0.0824. The zero-order chi connectivity index (χ0) is 47.6. The third-order valence-corrected chi connectivity index (χ3v) is 11.4. The number of unbranched alkanes of at least 4 members (excludes halogenated alkanes) is 12. The minimum Gasteiger partial charge on any atom is -0.443 e. The summed E-state index contributed by atoms with van der Waals surface area (Å²) in [5, 5.41) is 0. The highest BCUT2D eigenvalue weighted by Gasteiger charge is 2.47. The highest BCUT2D eigenvalue weighted by atomic mass is 16.7. The summed E-state index contributed by atoms with van der Waals surface area (Å²) in [4.78, 5) is 29.1. The number of amides is 2. The van der Waals surface area contributed by atoms with Crippen LogP contribution in [0.15, 0.2) is 103 Å². The molecule has 1 aliphatic rings. The lowest BCUT2D eigenvalue weighted by atomic mass is 9.91. The van der Waals surface area contributed by atoms with Crippen LogP contribution in [0.2, 0.25) is 0 Å². The third-order valence-electron chi connectivity index (χ3n) is 11.4. The number of ether oxygens (including phenoxy) is 7. The van der Waals surface area contributed by atoms with Crippen LogP contribution in [0.4, 0.5) is 9.59 Å². The maximum atomic E-state index is 14.0. The molecule has 1 saturated heterocycles. The van der Waals surface area contributed by atoms with Crippen molar-refractivity contribution in [2.45, 2.75) is 201 Å². The van der Waals surface area contributed by atoms with Gasteiger partial charge < -0.3 is 33.2 Å². The number of hydrogen-bond donors (Lipinski definition) is 0. The van der Waals surface area contributed by atoms with Crippen molar-refractivity contribution in [1.29, 1.82) is 0 Å². The van der Waals surface area contributed by atoms with E-state index in [0.717, 1.165) is 40.9 Å². The van der Waals surface area contributed by atoms with E-state index in [4.69, 9.17) is 33.2 Å². The van der Waals surface area contributed by atoms with Gasteiger partial charge in [0, 0.05) is 5.92 Å². The Morgan fingerprint density at radius 3 is 1.52 bits per heavy atom. The largest absolute Gasteiger partial charge is 0.443 e. The molecule has 3 aromatic rings. The van der Waals surface area contributed by atoms with Gasteiger partial charge in [0.25, 0.3) is 0 Å². The van der Waals surface area contributed by atoms with Gasteiger partial charge in [0.15, 0.2) is 6.29 Å². The number of benzene rings is 3. The molecule has 6 atom stereocenters. The van der Waals surface area contributed by atoms with Crippen molar-refractivity contribution in [1.82, 2.24) is 4.90 Å². The fraction of sp³-hybridized carbons (Fsp3) is 0.607. The van der Waals surface area contributed by atoms with E-state index in [0.29, 0.717) is 19.8 Å². The molecule has 0 radical (unpaired) electrons. The number of imide groups is 1. The maximum Gasteiger partial charge on any atom is 0.420 e. The van der Waals surface area contributed by atoms with E-state index in [1.165, 1.54) is 64.2 Å². The van der Waals surface area contributed by atoms with Gasteiger partial charge in [-0.3, -0.25) is 0 Å². The first kappa shape index (κ1) is 54.5. The van der Waals surface area contributed by atoms with Gasteiger partial charge in [-0.15, -0.1) is 0 Å². The Bertz CT molecular complexity index is 1750. The average Bonchev–Trinajstić information content (AvgIpc) is 3.27. The quantitative estimate of drug-likeness (QED) is 0.0520. The summed E-state index contributed by atoms with van der Waals surface area (Å²) in [6.07, 6.45) is 15.8. The van der Waals surface area contributed by atoms with Crippen LogP contribution in [-0.2, 0) is 53.0 Å². The summed E-state index contributed by atoms with van der Waals surface area (Å²) in [7, 11) is 0. The highest BCUT2D eigenvalue weighted by molar-refractivity contribution is 5.89. The van der Waals surface area contributed by atoms with Gasteiger partial charge in [0.2, 0.25) is 0 Å². The molecule has 1 aliphatic heterocycles. The Balaban J connectivity index is 1.55. The monoisotopic (exact) mass is 914 g/mol. The van der Waals surface area contributed by atoms with Crippen LogP contribution in [0, 0.1) is 5.92 Å². The normalized spacial score (nSPS) is 19.4. The predicted octanol–water partition coefficient (Wildman–Crippen LogP) is 13.9.